The van der Waals surface area contributed by atoms with Crippen LogP contribution < -0.4 is 17.2 Å². The lowest BCUT2D eigenvalue weighted by atomic mass is 9.85. The van der Waals surface area contributed by atoms with Gasteiger partial charge in [-0.1, -0.05) is 30.7 Å². The van der Waals surface area contributed by atoms with Gasteiger partial charge in [0.25, 0.3) is 0 Å². The minimum atomic E-state index is -0.304. The predicted molar refractivity (Wildman–Crippen MR) is 104 cm³/mol. The van der Waals surface area contributed by atoms with Crippen molar-refractivity contribution in [2.45, 2.75) is 26.2 Å². The van der Waals surface area contributed by atoms with Crippen LogP contribution in [-0.4, -0.2) is 30.6 Å². The molecule has 1 saturated heterocycles. The van der Waals surface area contributed by atoms with Crippen molar-refractivity contribution < 1.29 is 9.53 Å². The molecule has 1 aromatic carbocycles. The maximum absolute atomic E-state index is 11.8. The zero-order valence-corrected chi connectivity index (χ0v) is 16.0. The van der Waals surface area contributed by atoms with Crippen molar-refractivity contribution in [3.63, 3.8) is 0 Å². The van der Waals surface area contributed by atoms with Crippen molar-refractivity contribution >= 4 is 17.6 Å². The number of benzene rings is 1. The van der Waals surface area contributed by atoms with E-state index >= 15 is 0 Å². The molecule has 2 unspecified atom stereocenters. The number of likely N-dealkylation sites (tertiary alicyclic amines) is 1. The second kappa shape index (κ2) is 8.85. The molecule has 0 aromatic heterocycles. The van der Waals surface area contributed by atoms with Crippen LogP contribution in [0.15, 0.2) is 47.0 Å². The first-order valence-corrected chi connectivity index (χ1v) is 9.09. The molecule has 1 aliphatic rings. The summed E-state index contributed by atoms with van der Waals surface area (Å²) in [5, 5.41) is 0.141. The number of ether oxygens (including phenoxy) is 1. The molecule has 2 rings (SSSR count). The Balaban J connectivity index is 2.21. The lowest BCUT2D eigenvalue weighted by Gasteiger charge is -2.39. The van der Waals surface area contributed by atoms with Gasteiger partial charge in [0.1, 0.15) is 11.0 Å². The third-order valence-corrected chi connectivity index (χ3v) is 4.57. The summed E-state index contributed by atoms with van der Waals surface area (Å²) in [6, 6.07) is 7.57. The molecule has 2 atom stereocenters. The van der Waals surface area contributed by atoms with Crippen LogP contribution in [0.5, 0.6) is 0 Å². The first-order valence-electron chi connectivity index (χ1n) is 8.71. The summed E-state index contributed by atoms with van der Waals surface area (Å²) < 4.78 is 5.03. The third-order valence-electron chi connectivity index (χ3n) is 4.46. The zero-order valence-electron chi connectivity index (χ0n) is 15.2. The number of halogens is 1. The SMILES string of the molecule is CCOC(=O)c1ccc(C2CC(C)CN(C(/C=C(\N)Cl)=C(N)N)C2)cc1. The topological polar surface area (TPSA) is 108 Å². The van der Waals surface area contributed by atoms with Crippen molar-refractivity contribution in [2.75, 3.05) is 19.7 Å². The molecule has 6 nitrogen and oxygen atoms in total. The van der Waals surface area contributed by atoms with Gasteiger partial charge in [0.05, 0.1) is 17.9 Å². The average Bonchev–Trinajstić information content (AvgIpc) is 2.59. The Morgan fingerprint density at radius 1 is 1.27 bits per heavy atom. The summed E-state index contributed by atoms with van der Waals surface area (Å²) in [5.41, 5.74) is 19.6. The molecule has 0 saturated carbocycles. The number of nitrogens with zero attached hydrogens (tertiary/aromatic N) is 1. The standard InChI is InChI=1S/C19H27ClN4O2/c1-3-26-19(25)14-6-4-13(5-7-14)15-8-12(2)10-24(11-15)16(18(22)23)9-17(20)21/h4-7,9,12,15H,3,8,10-11,21-23H2,1-2H3/b17-9-. The summed E-state index contributed by atoms with van der Waals surface area (Å²) in [4.78, 5) is 13.9. The minimum absolute atomic E-state index is 0.141. The molecule has 26 heavy (non-hydrogen) atoms. The first kappa shape index (κ1) is 20.0. The van der Waals surface area contributed by atoms with Crippen LogP contribution in [0.4, 0.5) is 0 Å². The quantitative estimate of drug-likeness (QED) is 0.412. The molecule has 1 fully saturated rings. The number of rotatable bonds is 5. The minimum Gasteiger partial charge on any atom is -0.462 e. The molecule has 1 aliphatic heterocycles. The third kappa shape index (κ3) is 5.08. The molecular formula is C19H27ClN4O2. The van der Waals surface area contributed by atoms with Crippen LogP contribution in [0.3, 0.4) is 0 Å². The number of hydrogen-bond acceptors (Lipinski definition) is 6. The Bertz CT molecular complexity index is 692. The number of nitrogens with two attached hydrogens (primary N) is 3. The van der Waals surface area contributed by atoms with Gasteiger partial charge in [0.2, 0.25) is 0 Å². The maximum atomic E-state index is 11.8. The van der Waals surface area contributed by atoms with E-state index < -0.39 is 0 Å². The highest BCUT2D eigenvalue weighted by Gasteiger charge is 2.27. The van der Waals surface area contributed by atoms with E-state index in [1.165, 1.54) is 0 Å². The van der Waals surface area contributed by atoms with Crippen LogP contribution in [0.25, 0.3) is 0 Å². The molecule has 1 aromatic rings. The van der Waals surface area contributed by atoms with E-state index in [2.05, 4.69) is 11.8 Å². The predicted octanol–water partition coefficient (Wildman–Crippen LogP) is 2.41. The normalized spacial score (nSPS) is 20.6. The molecule has 0 radical (unpaired) electrons. The van der Waals surface area contributed by atoms with Crippen molar-refractivity contribution in [2.24, 2.45) is 23.1 Å². The molecule has 0 bridgehead atoms. The van der Waals surface area contributed by atoms with Crippen LogP contribution in [0, 0.1) is 5.92 Å². The number of hydrogen-bond donors (Lipinski definition) is 3. The molecular weight excluding hydrogens is 352 g/mol. The van der Waals surface area contributed by atoms with Crippen molar-refractivity contribution in [3.8, 4) is 0 Å². The first-order chi connectivity index (χ1) is 12.3. The average molecular weight is 379 g/mol. The van der Waals surface area contributed by atoms with Gasteiger partial charge in [-0.2, -0.15) is 0 Å². The fourth-order valence-corrected chi connectivity index (χ4v) is 3.49. The molecule has 142 valence electrons. The molecule has 0 aliphatic carbocycles. The Morgan fingerprint density at radius 3 is 2.46 bits per heavy atom. The van der Waals surface area contributed by atoms with E-state index in [4.69, 9.17) is 33.5 Å². The van der Waals surface area contributed by atoms with Crippen molar-refractivity contribution in [3.05, 3.63) is 58.1 Å². The maximum Gasteiger partial charge on any atom is 0.338 e. The Hall–Kier alpha value is -2.34. The highest BCUT2D eigenvalue weighted by molar-refractivity contribution is 6.29. The lowest BCUT2D eigenvalue weighted by Crippen LogP contribution is -2.39. The van der Waals surface area contributed by atoms with Crippen LogP contribution in [0.1, 0.15) is 42.1 Å². The summed E-state index contributed by atoms with van der Waals surface area (Å²) in [6.45, 7) is 5.91. The molecule has 1 heterocycles. The largest absolute Gasteiger partial charge is 0.462 e. The second-order valence-electron chi connectivity index (χ2n) is 6.66. The number of carbonyl (C=O) groups excluding carboxylic acids is 1. The van der Waals surface area contributed by atoms with Gasteiger partial charge < -0.3 is 26.8 Å². The lowest BCUT2D eigenvalue weighted by molar-refractivity contribution is 0.0526. The van der Waals surface area contributed by atoms with E-state index in [1.54, 1.807) is 13.0 Å². The van der Waals surface area contributed by atoms with Crippen molar-refractivity contribution in [1.82, 2.24) is 4.90 Å². The number of allylic oxidation sites excluding steroid dienone is 1. The van der Waals surface area contributed by atoms with Gasteiger partial charge in [-0.05, 0) is 43.0 Å². The highest BCUT2D eigenvalue weighted by atomic mass is 35.5. The van der Waals surface area contributed by atoms with E-state index in [0.29, 0.717) is 23.8 Å². The van der Waals surface area contributed by atoms with Gasteiger partial charge in [0.15, 0.2) is 0 Å². The van der Waals surface area contributed by atoms with Crippen molar-refractivity contribution in [1.29, 1.82) is 0 Å². The van der Waals surface area contributed by atoms with Gasteiger partial charge >= 0.3 is 5.97 Å². The smallest absolute Gasteiger partial charge is 0.338 e. The number of piperidine rings is 1. The van der Waals surface area contributed by atoms with Gasteiger partial charge in [-0.15, -0.1) is 0 Å². The van der Waals surface area contributed by atoms with Crippen LogP contribution in [0.2, 0.25) is 0 Å². The van der Waals surface area contributed by atoms with Crippen LogP contribution in [-0.2, 0) is 4.74 Å². The van der Waals surface area contributed by atoms with E-state index in [-0.39, 0.29) is 22.9 Å². The zero-order chi connectivity index (χ0) is 19.3. The summed E-state index contributed by atoms with van der Waals surface area (Å²) in [5.74, 6) is 0.618. The van der Waals surface area contributed by atoms with E-state index in [1.807, 2.05) is 24.3 Å². The summed E-state index contributed by atoms with van der Waals surface area (Å²) in [6.07, 6.45) is 2.63. The van der Waals surface area contributed by atoms with Gasteiger partial charge in [-0.25, -0.2) is 4.79 Å². The number of esters is 1. The van der Waals surface area contributed by atoms with Gasteiger partial charge in [0, 0.05) is 19.0 Å². The molecule has 7 heteroatoms. The Morgan fingerprint density at radius 2 is 1.92 bits per heavy atom. The van der Waals surface area contributed by atoms with Gasteiger partial charge in [-0.3, -0.25) is 0 Å². The monoisotopic (exact) mass is 378 g/mol. The molecule has 0 amide bonds. The molecule has 6 N–H and O–H groups in total. The van der Waals surface area contributed by atoms with E-state index in [0.717, 1.165) is 25.1 Å². The summed E-state index contributed by atoms with van der Waals surface area (Å²) >= 11 is 5.82. The Labute approximate surface area is 159 Å². The fraction of sp³-hybridized carbons (Fsp3) is 0.421. The fourth-order valence-electron chi connectivity index (χ4n) is 3.38. The number of carbonyl (C=O) groups is 1. The molecule has 0 spiro atoms. The Kier molecular flexibility index (Phi) is 6.80. The highest BCUT2D eigenvalue weighted by Crippen LogP contribution is 2.32. The van der Waals surface area contributed by atoms with E-state index in [9.17, 15) is 4.79 Å². The summed E-state index contributed by atoms with van der Waals surface area (Å²) in [7, 11) is 0. The second-order valence-corrected chi connectivity index (χ2v) is 7.09. The van der Waals surface area contributed by atoms with Crippen LogP contribution >= 0.6 is 11.6 Å².